The molecule has 1 rings (SSSR count). The summed E-state index contributed by atoms with van der Waals surface area (Å²) in [7, 11) is -3.66. The van der Waals surface area contributed by atoms with E-state index in [9.17, 15) is 23.3 Å². The van der Waals surface area contributed by atoms with Crippen LogP contribution in [0, 0.1) is 22.5 Å². The molecule has 0 heterocycles. The number of amides is 1. The molecule has 0 fully saturated rings. The van der Waals surface area contributed by atoms with Crippen LogP contribution in [0.3, 0.4) is 0 Å². The molecule has 1 aromatic rings. The summed E-state index contributed by atoms with van der Waals surface area (Å²) >= 11 is 0. The monoisotopic (exact) mass is 282 g/mol. The second-order valence-corrected chi connectivity index (χ2v) is 5.66. The van der Waals surface area contributed by atoms with Crippen LogP contribution in [-0.2, 0) is 14.6 Å². The Balaban J connectivity index is 2.76. The summed E-state index contributed by atoms with van der Waals surface area (Å²) in [6, 6.07) is 5.18. The van der Waals surface area contributed by atoms with Crippen LogP contribution in [0.25, 0.3) is 0 Å². The average molecular weight is 282 g/mol. The zero-order valence-corrected chi connectivity index (χ0v) is 10.5. The molecule has 0 aliphatic carbocycles. The number of sulfone groups is 1. The lowest BCUT2D eigenvalue weighted by Crippen LogP contribution is -2.24. The van der Waals surface area contributed by atoms with E-state index >= 15 is 0 Å². The Bertz CT molecular complexity index is 645. The van der Waals surface area contributed by atoms with Gasteiger partial charge in [-0.05, 0) is 6.07 Å². The van der Waals surface area contributed by atoms with Crippen molar-refractivity contribution in [2.75, 3.05) is 16.8 Å². The third kappa shape index (κ3) is 4.77. The van der Waals surface area contributed by atoms with E-state index in [1.54, 1.807) is 0 Å². The number of rotatable bonds is 5. The fourth-order valence-corrected chi connectivity index (χ4v) is 2.10. The predicted octanol–water partition coefficient (Wildman–Crippen LogP) is 0.581. The maximum absolute atomic E-state index is 11.5. The Kier molecular flexibility index (Phi) is 4.61. The molecule has 19 heavy (non-hydrogen) atoms. The second-order valence-electron chi connectivity index (χ2n) is 3.59. The third-order valence-electron chi connectivity index (χ3n) is 1.99. The molecule has 0 bridgehead atoms. The van der Waals surface area contributed by atoms with Gasteiger partial charge in [0, 0.05) is 17.8 Å². The smallest absolute Gasteiger partial charge is 0.271 e. The van der Waals surface area contributed by atoms with Crippen LogP contribution in [0.4, 0.5) is 11.4 Å². The van der Waals surface area contributed by atoms with Gasteiger partial charge in [0.05, 0.1) is 4.92 Å². The molecule has 0 spiro atoms. The van der Waals surface area contributed by atoms with Gasteiger partial charge >= 0.3 is 0 Å². The van der Waals surface area contributed by atoms with Crippen LogP contribution >= 0.6 is 0 Å². The van der Waals surface area contributed by atoms with Crippen LogP contribution < -0.4 is 5.32 Å². The van der Waals surface area contributed by atoms with Crippen LogP contribution in [0.2, 0.25) is 0 Å². The van der Waals surface area contributed by atoms with Gasteiger partial charge in [0.2, 0.25) is 5.91 Å². The number of anilines is 1. The molecule has 0 saturated carbocycles. The lowest BCUT2D eigenvalue weighted by molar-refractivity contribution is -0.384. The van der Waals surface area contributed by atoms with Crippen molar-refractivity contribution in [3.8, 4) is 12.3 Å². The highest BCUT2D eigenvalue weighted by Gasteiger charge is 2.16. The minimum absolute atomic E-state index is 0.148. The lowest BCUT2D eigenvalue weighted by Gasteiger charge is -2.04. The Labute approximate surface area is 109 Å². The van der Waals surface area contributed by atoms with E-state index in [4.69, 9.17) is 6.42 Å². The van der Waals surface area contributed by atoms with Crippen molar-refractivity contribution in [1.29, 1.82) is 0 Å². The van der Waals surface area contributed by atoms with Crippen molar-refractivity contribution >= 4 is 27.1 Å². The molecular weight excluding hydrogens is 272 g/mol. The summed E-state index contributed by atoms with van der Waals surface area (Å²) < 4.78 is 22.6. The molecule has 8 heteroatoms. The number of nitrogens with one attached hydrogen (secondary N) is 1. The van der Waals surface area contributed by atoms with Crippen molar-refractivity contribution in [2.45, 2.75) is 0 Å². The average Bonchev–Trinajstić information content (AvgIpc) is 2.27. The Morgan fingerprint density at radius 3 is 2.74 bits per heavy atom. The number of hydrogen-bond acceptors (Lipinski definition) is 5. The van der Waals surface area contributed by atoms with Gasteiger partial charge in [-0.25, -0.2) is 8.42 Å². The van der Waals surface area contributed by atoms with Gasteiger partial charge in [-0.15, -0.1) is 6.42 Å². The number of terminal acetylenes is 1. The molecular formula is C11H10N2O5S. The zero-order valence-electron chi connectivity index (χ0n) is 9.70. The number of nitro benzene ring substituents is 1. The summed E-state index contributed by atoms with van der Waals surface area (Å²) in [5.74, 6) is -0.148. The van der Waals surface area contributed by atoms with Gasteiger partial charge in [0.15, 0.2) is 9.84 Å². The van der Waals surface area contributed by atoms with Crippen molar-refractivity contribution in [2.24, 2.45) is 0 Å². The van der Waals surface area contributed by atoms with Gasteiger partial charge in [-0.3, -0.25) is 14.9 Å². The lowest BCUT2D eigenvalue weighted by atomic mass is 10.3. The van der Waals surface area contributed by atoms with Crippen LogP contribution in [0.5, 0.6) is 0 Å². The summed E-state index contributed by atoms with van der Waals surface area (Å²) in [5.41, 5.74) is -0.0561. The van der Waals surface area contributed by atoms with E-state index in [0.717, 1.165) is 6.07 Å². The van der Waals surface area contributed by atoms with Crippen molar-refractivity contribution < 1.29 is 18.1 Å². The molecule has 0 unspecified atom stereocenters. The number of nitrogens with zero attached hydrogens (tertiary/aromatic N) is 1. The number of hydrogen-bond donors (Lipinski definition) is 1. The van der Waals surface area contributed by atoms with E-state index in [-0.39, 0.29) is 11.4 Å². The molecule has 0 aliphatic heterocycles. The first-order valence-corrected chi connectivity index (χ1v) is 6.84. The number of non-ortho nitro benzene ring substituents is 1. The molecule has 0 atom stereocenters. The largest absolute Gasteiger partial charge is 0.325 e. The topological polar surface area (TPSA) is 106 Å². The Morgan fingerprint density at radius 1 is 1.47 bits per heavy atom. The molecule has 0 aromatic heterocycles. The highest BCUT2D eigenvalue weighted by atomic mass is 32.2. The summed E-state index contributed by atoms with van der Waals surface area (Å²) in [4.78, 5) is 21.4. The maximum atomic E-state index is 11.5. The molecule has 100 valence electrons. The highest BCUT2D eigenvalue weighted by molar-refractivity contribution is 7.92. The first kappa shape index (κ1) is 14.7. The molecule has 1 N–H and O–H groups in total. The first-order valence-electron chi connectivity index (χ1n) is 5.02. The zero-order chi connectivity index (χ0) is 14.5. The van der Waals surface area contributed by atoms with Crippen molar-refractivity contribution in [3.63, 3.8) is 0 Å². The third-order valence-corrected chi connectivity index (χ3v) is 3.30. The molecule has 1 amide bonds. The van der Waals surface area contributed by atoms with E-state index in [0.29, 0.717) is 0 Å². The maximum Gasteiger partial charge on any atom is 0.271 e. The van der Waals surface area contributed by atoms with Crippen molar-refractivity contribution in [1.82, 2.24) is 0 Å². The van der Waals surface area contributed by atoms with Gasteiger partial charge < -0.3 is 5.32 Å². The minimum Gasteiger partial charge on any atom is -0.325 e. The van der Waals surface area contributed by atoms with E-state index < -0.39 is 32.2 Å². The number of carbonyl (C=O) groups excluding carboxylic acids is 1. The number of carbonyl (C=O) groups is 1. The summed E-state index contributed by atoms with van der Waals surface area (Å²) in [6.07, 6.45) is 4.86. The molecule has 1 aromatic carbocycles. The molecule has 7 nitrogen and oxygen atoms in total. The van der Waals surface area contributed by atoms with Crippen molar-refractivity contribution in [3.05, 3.63) is 34.4 Å². The van der Waals surface area contributed by atoms with Gasteiger partial charge in [0.1, 0.15) is 11.5 Å². The predicted molar refractivity (Wildman–Crippen MR) is 69.2 cm³/mol. The molecule has 0 radical (unpaired) electrons. The van der Waals surface area contributed by atoms with Crippen LogP contribution in [0.15, 0.2) is 24.3 Å². The Hall–Kier alpha value is -2.40. The quantitative estimate of drug-likeness (QED) is 0.483. The molecule has 0 aliphatic rings. The fourth-order valence-electron chi connectivity index (χ4n) is 1.27. The van der Waals surface area contributed by atoms with Gasteiger partial charge in [-0.1, -0.05) is 12.0 Å². The van der Waals surface area contributed by atoms with Gasteiger partial charge in [-0.2, -0.15) is 0 Å². The number of benzene rings is 1. The SMILES string of the molecule is C#CCS(=O)(=O)CC(=O)Nc1cccc([N+](=O)[O-])c1. The second kappa shape index (κ2) is 5.97. The normalized spacial score (nSPS) is 10.5. The van der Waals surface area contributed by atoms with Crippen LogP contribution in [-0.4, -0.2) is 30.8 Å². The molecule has 0 saturated heterocycles. The Morgan fingerprint density at radius 2 is 2.16 bits per heavy atom. The summed E-state index contributed by atoms with van der Waals surface area (Å²) in [5, 5.41) is 12.8. The van der Waals surface area contributed by atoms with Gasteiger partial charge in [0.25, 0.3) is 5.69 Å². The van der Waals surface area contributed by atoms with E-state index in [1.807, 2.05) is 5.92 Å². The van der Waals surface area contributed by atoms with E-state index in [2.05, 4.69) is 5.32 Å². The van der Waals surface area contributed by atoms with Crippen LogP contribution in [0.1, 0.15) is 0 Å². The fraction of sp³-hybridized carbons (Fsp3) is 0.182. The number of nitro groups is 1. The standard InChI is InChI=1S/C11H10N2O5S/c1-2-6-19(17,18)8-11(14)12-9-4-3-5-10(7-9)13(15)16/h1,3-5,7H,6,8H2,(H,12,14). The summed E-state index contributed by atoms with van der Waals surface area (Å²) in [6.45, 7) is 0. The first-order chi connectivity index (χ1) is 8.84. The minimum atomic E-state index is -3.66. The van der Waals surface area contributed by atoms with E-state index in [1.165, 1.54) is 18.2 Å². The highest BCUT2D eigenvalue weighted by Crippen LogP contribution is 2.16.